The van der Waals surface area contributed by atoms with Crippen molar-refractivity contribution in [2.75, 3.05) is 24.2 Å². The van der Waals surface area contributed by atoms with Gasteiger partial charge in [0, 0.05) is 13.6 Å². The molecule has 7 nitrogen and oxygen atoms in total. The Morgan fingerprint density at radius 3 is 2.55 bits per heavy atom. The van der Waals surface area contributed by atoms with Gasteiger partial charge in [-0.1, -0.05) is 0 Å². The van der Waals surface area contributed by atoms with Gasteiger partial charge in [0.05, 0.1) is 4.92 Å². The standard InChI is InChI=1S/C13H19N5O2/c1-14-13-16-7-11(18(19)20)12(17-13)15-6-10(8-2-3-8)9-4-5-9/h7-10H,2-6H2,1H3,(H2,14,15,16,17). The average molecular weight is 277 g/mol. The molecular weight excluding hydrogens is 258 g/mol. The Morgan fingerprint density at radius 1 is 1.40 bits per heavy atom. The van der Waals surface area contributed by atoms with Crippen molar-refractivity contribution in [1.29, 1.82) is 0 Å². The van der Waals surface area contributed by atoms with Crippen molar-refractivity contribution < 1.29 is 4.92 Å². The van der Waals surface area contributed by atoms with Crippen LogP contribution >= 0.6 is 0 Å². The van der Waals surface area contributed by atoms with Crippen molar-refractivity contribution in [1.82, 2.24) is 9.97 Å². The smallest absolute Gasteiger partial charge is 0.329 e. The largest absolute Gasteiger partial charge is 0.364 e. The van der Waals surface area contributed by atoms with E-state index < -0.39 is 4.92 Å². The Bertz CT molecular complexity index is 501. The van der Waals surface area contributed by atoms with Gasteiger partial charge in [-0.2, -0.15) is 4.98 Å². The van der Waals surface area contributed by atoms with Gasteiger partial charge in [0.15, 0.2) is 0 Å². The Hall–Kier alpha value is -1.92. The maximum atomic E-state index is 11.0. The molecule has 2 N–H and O–H groups in total. The molecule has 2 aliphatic carbocycles. The van der Waals surface area contributed by atoms with Crippen LogP contribution in [0.25, 0.3) is 0 Å². The highest BCUT2D eigenvalue weighted by Gasteiger charge is 2.41. The van der Waals surface area contributed by atoms with Gasteiger partial charge in [-0.25, -0.2) is 4.98 Å². The predicted octanol–water partition coefficient (Wildman–Crippen LogP) is 2.27. The summed E-state index contributed by atoms with van der Waals surface area (Å²) in [6, 6.07) is 0. The van der Waals surface area contributed by atoms with Crippen molar-refractivity contribution in [3.05, 3.63) is 16.3 Å². The molecule has 0 saturated heterocycles. The third kappa shape index (κ3) is 2.81. The molecule has 0 atom stereocenters. The molecule has 2 fully saturated rings. The zero-order chi connectivity index (χ0) is 14.1. The first kappa shape index (κ1) is 13.1. The summed E-state index contributed by atoms with van der Waals surface area (Å²) in [7, 11) is 1.70. The zero-order valence-electron chi connectivity index (χ0n) is 11.5. The minimum atomic E-state index is -0.439. The van der Waals surface area contributed by atoms with Crippen LogP contribution in [-0.4, -0.2) is 28.5 Å². The fourth-order valence-electron chi connectivity index (χ4n) is 2.74. The summed E-state index contributed by atoms with van der Waals surface area (Å²) in [6.45, 7) is 0.774. The second-order valence-corrected chi connectivity index (χ2v) is 5.65. The van der Waals surface area contributed by atoms with Crippen molar-refractivity contribution in [3.63, 3.8) is 0 Å². The third-order valence-electron chi connectivity index (χ3n) is 4.15. The normalized spacial score (nSPS) is 18.1. The third-order valence-corrected chi connectivity index (χ3v) is 4.15. The molecule has 0 amide bonds. The Labute approximate surface area is 117 Å². The van der Waals surface area contributed by atoms with E-state index in [1.54, 1.807) is 7.05 Å². The molecule has 2 aliphatic rings. The summed E-state index contributed by atoms with van der Waals surface area (Å²) in [4.78, 5) is 18.7. The summed E-state index contributed by atoms with van der Waals surface area (Å²) in [5, 5.41) is 17.0. The van der Waals surface area contributed by atoms with Crippen LogP contribution in [0.15, 0.2) is 6.20 Å². The first-order valence-electron chi connectivity index (χ1n) is 7.12. The number of nitrogens with zero attached hydrogens (tertiary/aromatic N) is 3. The SMILES string of the molecule is CNc1ncc([N+](=O)[O-])c(NCC(C2CC2)C2CC2)n1. The number of nitrogens with one attached hydrogen (secondary N) is 2. The predicted molar refractivity (Wildman–Crippen MR) is 75.7 cm³/mol. The van der Waals surface area contributed by atoms with Gasteiger partial charge in [-0.3, -0.25) is 10.1 Å². The molecule has 0 spiro atoms. The lowest BCUT2D eigenvalue weighted by molar-refractivity contribution is -0.384. The maximum absolute atomic E-state index is 11.0. The molecule has 20 heavy (non-hydrogen) atoms. The topological polar surface area (TPSA) is 93.0 Å². The van der Waals surface area contributed by atoms with E-state index >= 15 is 0 Å². The number of hydrogen-bond donors (Lipinski definition) is 2. The molecule has 7 heteroatoms. The fraction of sp³-hybridized carbons (Fsp3) is 0.692. The Kier molecular flexibility index (Phi) is 3.42. The summed E-state index contributed by atoms with van der Waals surface area (Å²) < 4.78 is 0. The minimum Gasteiger partial charge on any atom is -0.364 e. The molecule has 0 bridgehead atoms. The molecule has 0 unspecified atom stereocenters. The number of aromatic nitrogens is 2. The molecule has 2 saturated carbocycles. The van der Waals surface area contributed by atoms with E-state index in [-0.39, 0.29) is 5.69 Å². The maximum Gasteiger partial charge on any atom is 0.329 e. The molecule has 108 valence electrons. The first-order valence-corrected chi connectivity index (χ1v) is 7.12. The van der Waals surface area contributed by atoms with Crippen molar-refractivity contribution >= 4 is 17.5 Å². The second kappa shape index (κ2) is 5.22. The molecule has 0 aromatic carbocycles. The van der Waals surface area contributed by atoms with E-state index in [1.165, 1.54) is 31.9 Å². The molecule has 1 heterocycles. The minimum absolute atomic E-state index is 0.0608. The van der Waals surface area contributed by atoms with Crippen molar-refractivity contribution in [2.45, 2.75) is 25.7 Å². The van der Waals surface area contributed by atoms with Crippen molar-refractivity contribution in [2.24, 2.45) is 17.8 Å². The van der Waals surface area contributed by atoms with E-state index in [9.17, 15) is 10.1 Å². The molecule has 1 aromatic rings. The van der Waals surface area contributed by atoms with E-state index in [2.05, 4.69) is 20.6 Å². The second-order valence-electron chi connectivity index (χ2n) is 5.65. The summed E-state index contributed by atoms with van der Waals surface area (Å²) in [5.74, 6) is 2.97. The average Bonchev–Trinajstić information content (AvgIpc) is 3.31. The van der Waals surface area contributed by atoms with Gasteiger partial charge in [-0.05, 0) is 43.4 Å². The highest BCUT2D eigenvalue weighted by Crippen LogP contribution is 2.49. The zero-order valence-corrected chi connectivity index (χ0v) is 11.5. The fourth-order valence-corrected chi connectivity index (χ4v) is 2.74. The quantitative estimate of drug-likeness (QED) is 0.586. The highest BCUT2D eigenvalue weighted by molar-refractivity contribution is 5.56. The van der Waals surface area contributed by atoms with E-state index in [0.29, 0.717) is 17.7 Å². The lowest BCUT2D eigenvalue weighted by Crippen LogP contribution is -2.19. The van der Waals surface area contributed by atoms with Crippen LogP contribution in [0.5, 0.6) is 0 Å². The number of rotatable bonds is 7. The van der Waals surface area contributed by atoms with Crippen molar-refractivity contribution in [3.8, 4) is 0 Å². The molecule has 0 aliphatic heterocycles. The van der Waals surface area contributed by atoms with Gasteiger partial charge >= 0.3 is 5.69 Å². The molecule has 1 aromatic heterocycles. The lowest BCUT2D eigenvalue weighted by Gasteiger charge is -2.16. The lowest BCUT2D eigenvalue weighted by atomic mass is 9.98. The van der Waals surface area contributed by atoms with Gasteiger partial charge < -0.3 is 10.6 Å². The van der Waals surface area contributed by atoms with Gasteiger partial charge in [0.2, 0.25) is 11.8 Å². The van der Waals surface area contributed by atoms with Crippen LogP contribution in [0, 0.1) is 27.9 Å². The van der Waals surface area contributed by atoms with Gasteiger partial charge in [0.25, 0.3) is 0 Å². The van der Waals surface area contributed by atoms with Crippen LogP contribution in [-0.2, 0) is 0 Å². The summed E-state index contributed by atoms with van der Waals surface area (Å²) >= 11 is 0. The summed E-state index contributed by atoms with van der Waals surface area (Å²) in [5.41, 5.74) is -0.0608. The van der Waals surface area contributed by atoms with E-state index in [4.69, 9.17) is 0 Å². The van der Waals surface area contributed by atoms with Gasteiger partial charge in [-0.15, -0.1) is 0 Å². The molecular formula is C13H19N5O2. The number of nitro groups is 1. The van der Waals surface area contributed by atoms with Crippen LogP contribution in [0.3, 0.4) is 0 Å². The molecule has 0 radical (unpaired) electrons. The first-order chi connectivity index (χ1) is 9.69. The Morgan fingerprint density at radius 2 is 2.05 bits per heavy atom. The van der Waals surface area contributed by atoms with E-state index in [1.807, 2.05) is 0 Å². The monoisotopic (exact) mass is 277 g/mol. The number of anilines is 2. The van der Waals surface area contributed by atoms with Crippen LogP contribution in [0.1, 0.15) is 25.7 Å². The van der Waals surface area contributed by atoms with Crippen LogP contribution in [0.2, 0.25) is 0 Å². The molecule has 3 rings (SSSR count). The van der Waals surface area contributed by atoms with Gasteiger partial charge in [0.1, 0.15) is 6.20 Å². The van der Waals surface area contributed by atoms with E-state index in [0.717, 1.165) is 18.4 Å². The highest BCUT2D eigenvalue weighted by atomic mass is 16.6. The summed E-state index contributed by atoms with van der Waals surface area (Å²) in [6.07, 6.45) is 6.46. The van der Waals surface area contributed by atoms with Crippen LogP contribution in [0.4, 0.5) is 17.5 Å². The Balaban J connectivity index is 1.72. The number of hydrogen-bond acceptors (Lipinski definition) is 6. The van der Waals surface area contributed by atoms with Crippen LogP contribution < -0.4 is 10.6 Å².